The Hall–Kier alpha value is -1.08. The lowest BCUT2D eigenvalue weighted by Crippen LogP contribution is -2.54. The van der Waals surface area contributed by atoms with Gasteiger partial charge in [-0.15, -0.1) is 24.8 Å². The molecule has 0 atom stereocenters. The lowest BCUT2D eigenvalue weighted by atomic mass is 9.90. The highest BCUT2D eigenvalue weighted by Crippen LogP contribution is 2.20. The number of nitrogens with zero attached hydrogens (tertiary/aromatic N) is 2. The van der Waals surface area contributed by atoms with Gasteiger partial charge in [0.25, 0.3) is 0 Å². The fraction of sp³-hybridized carbons (Fsp3) is 0.538. The first-order chi connectivity index (χ1) is 9.01. The molecule has 0 spiro atoms. The zero-order chi connectivity index (χ0) is 13.9. The van der Waals surface area contributed by atoms with Crippen molar-refractivity contribution in [3.05, 3.63) is 18.3 Å². The minimum absolute atomic E-state index is 0. The molecule has 21 heavy (non-hydrogen) atoms. The lowest BCUT2D eigenvalue weighted by molar-refractivity contribution is -0.124. The van der Waals surface area contributed by atoms with Crippen LogP contribution in [0.25, 0.3) is 0 Å². The first-order valence-electron chi connectivity index (χ1n) is 6.33. The number of carbonyl (C=O) groups is 1. The molecule has 6 nitrogen and oxygen atoms in total. The number of amides is 1. The summed E-state index contributed by atoms with van der Waals surface area (Å²) in [5.41, 5.74) is 6.23. The van der Waals surface area contributed by atoms with Gasteiger partial charge in [0.2, 0.25) is 5.91 Å². The molecule has 3 N–H and O–H groups in total. The van der Waals surface area contributed by atoms with Gasteiger partial charge in [-0.25, -0.2) is 4.98 Å². The number of aromatic nitrogens is 1. The van der Waals surface area contributed by atoms with E-state index in [1.165, 1.54) is 0 Å². The Balaban J connectivity index is 0.00000200. The maximum atomic E-state index is 12.2. The third-order valence-electron chi connectivity index (χ3n) is 3.34. The number of nitrogens with two attached hydrogens (primary N) is 1. The summed E-state index contributed by atoms with van der Waals surface area (Å²) in [6.07, 6.45) is 2.78. The van der Waals surface area contributed by atoms with Crippen LogP contribution < -0.4 is 16.0 Å². The van der Waals surface area contributed by atoms with E-state index < -0.39 is 5.54 Å². The largest absolute Gasteiger partial charge is 0.381 e. The van der Waals surface area contributed by atoms with Crippen LogP contribution in [0.1, 0.15) is 12.8 Å². The Morgan fingerprint density at radius 2 is 1.95 bits per heavy atom. The van der Waals surface area contributed by atoms with Gasteiger partial charge >= 0.3 is 0 Å². The van der Waals surface area contributed by atoms with Crippen LogP contribution in [-0.4, -0.2) is 43.7 Å². The van der Waals surface area contributed by atoms with E-state index in [-0.39, 0.29) is 30.7 Å². The van der Waals surface area contributed by atoms with Crippen LogP contribution in [0.3, 0.4) is 0 Å². The SMILES string of the molecule is CN(C)c1ccc(NC(=O)C2(N)CCOCC2)nc1.Cl.Cl. The Morgan fingerprint density at radius 3 is 2.43 bits per heavy atom. The Labute approximate surface area is 137 Å². The van der Waals surface area contributed by atoms with E-state index in [0.29, 0.717) is 31.9 Å². The molecule has 120 valence electrons. The molecule has 0 bridgehead atoms. The van der Waals surface area contributed by atoms with Gasteiger partial charge in [-0.2, -0.15) is 0 Å². The zero-order valence-electron chi connectivity index (χ0n) is 12.2. The van der Waals surface area contributed by atoms with Crippen LogP contribution in [0, 0.1) is 0 Å². The van der Waals surface area contributed by atoms with Crippen LogP contribution in [0.2, 0.25) is 0 Å². The van der Waals surface area contributed by atoms with Crippen molar-refractivity contribution in [1.82, 2.24) is 4.98 Å². The third kappa shape index (κ3) is 5.00. The van der Waals surface area contributed by atoms with Gasteiger partial charge in [-0.1, -0.05) is 0 Å². The summed E-state index contributed by atoms with van der Waals surface area (Å²) in [7, 11) is 3.87. The van der Waals surface area contributed by atoms with E-state index in [9.17, 15) is 4.79 Å². The second-order valence-electron chi connectivity index (χ2n) is 5.02. The molecule has 2 heterocycles. The summed E-state index contributed by atoms with van der Waals surface area (Å²) in [5.74, 6) is 0.327. The first-order valence-corrected chi connectivity index (χ1v) is 6.33. The second kappa shape index (κ2) is 8.38. The molecule has 1 saturated heterocycles. The number of pyridine rings is 1. The molecule has 0 aromatic carbocycles. The highest BCUT2D eigenvalue weighted by atomic mass is 35.5. The smallest absolute Gasteiger partial charge is 0.245 e. The van der Waals surface area contributed by atoms with Gasteiger partial charge in [0.05, 0.1) is 11.9 Å². The molecule has 1 aromatic heterocycles. The van der Waals surface area contributed by atoms with Crippen molar-refractivity contribution in [3.8, 4) is 0 Å². The predicted octanol–water partition coefficient (Wildman–Crippen LogP) is 1.44. The number of carbonyl (C=O) groups excluding carboxylic acids is 1. The molecular formula is C13H22Cl2N4O2. The van der Waals surface area contributed by atoms with E-state index >= 15 is 0 Å². The fourth-order valence-electron chi connectivity index (χ4n) is 1.93. The van der Waals surface area contributed by atoms with Crippen molar-refractivity contribution in [2.45, 2.75) is 18.4 Å². The molecule has 0 aliphatic carbocycles. The number of ether oxygens (including phenoxy) is 1. The Bertz CT molecular complexity index is 448. The molecule has 8 heteroatoms. The van der Waals surface area contributed by atoms with Gasteiger partial charge in [0, 0.05) is 27.3 Å². The van der Waals surface area contributed by atoms with E-state index in [2.05, 4.69) is 10.3 Å². The molecule has 1 amide bonds. The van der Waals surface area contributed by atoms with E-state index in [0.717, 1.165) is 5.69 Å². The number of hydrogen-bond acceptors (Lipinski definition) is 5. The molecule has 0 unspecified atom stereocenters. The molecule has 1 aliphatic heterocycles. The van der Waals surface area contributed by atoms with Gasteiger partial charge in [-0.05, 0) is 25.0 Å². The molecule has 0 saturated carbocycles. The quantitative estimate of drug-likeness (QED) is 0.872. The van der Waals surface area contributed by atoms with Crippen molar-refractivity contribution in [2.24, 2.45) is 5.73 Å². The number of rotatable bonds is 3. The zero-order valence-corrected chi connectivity index (χ0v) is 13.8. The van der Waals surface area contributed by atoms with E-state index in [1.54, 1.807) is 12.3 Å². The molecule has 1 fully saturated rings. The summed E-state index contributed by atoms with van der Waals surface area (Å²) < 4.78 is 5.23. The maximum Gasteiger partial charge on any atom is 0.245 e. The van der Waals surface area contributed by atoms with Crippen molar-refractivity contribution in [1.29, 1.82) is 0 Å². The second-order valence-corrected chi connectivity index (χ2v) is 5.02. The van der Waals surface area contributed by atoms with Crippen LogP contribution in [0.5, 0.6) is 0 Å². The minimum Gasteiger partial charge on any atom is -0.381 e. The summed E-state index contributed by atoms with van der Waals surface area (Å²) >= 11 is 0. The lowest BCUT2D eigenvalue weighted by Gasteiger charge is -2.31. The first kappa shape index (κ1) is 19.9. The summed E-state index contributed by atoms with van der Waals surface area (Å²) in [4.78, 5) is 18.3. The van der Waals surface area contributed by atoms with Gasteiger partial charge < -0.3 is 20.7 Å². The maximum absolute atomic E-state index is 12.2. The van der Waals surface area contributed by atoms with Crippen LogP contribution in [0.15, 0.2) is 18.3 Å². The monoisotopic (exact) mass is 336 g/mol. The standard InChI is InChI=1S/C13H20N4O2.2ClH/c1-17(2)10-3-4-11(15-9-10)16-12(18)13(14)5-7-19-8-6-13;;/h3-4,9H,5-8,14H2,1-2H3,(H,15,16,18);2*1H. The number of hydrogen-bond donors (Lipinski definition) is 2. The van der Waals surface area contributed by atoms with Gasteiger partial charge in [-0.3, -0.25) is 4.79 Å². The average Bonchev–Trinajstić information content (AvgIpc) is 2.40. The topological polar surface area (TPSA) is 80.5 Å². The molecule has 0 radical (unpaired) electrons. The van der Waals surface area contributed by atoms with Crippen molar-refractivity contribution < 1.29 is 9.53 Å². The minimum atomic E-state index is -0.847. The van der Waals surface area contributed by atoms with Crippen molar-refractivity contribution in [2.75, 3.05) is 37.5 Å². The molecule has 2 rings (SSSR count). The predicted molar refractivity (Wildman–Crippen MR) is 88.7 cm³/mol. The van der Waals surface area contributed by atoms with E-state index in [4.69, 9.17) is 10.5 Å². The van der Waals surface area contributed by atoms with Crippen LogP contribution in [-0.2, 0) is 9.53 Å². The summed E-state index contributed by atoms with van der Waals surface area (Å²) in [6, 6.07) is 3.67. The Morgan fingerprint density at radius 1 is 1.33 bits per heavy atom. The van der Waals surface area contributed by atoms with Crippen molar-refractivity contribution >= 4 is 42.2 Å². The molecule has 1 aliphatic rings. The van der Waals surface area contributed by atoms with Gasteiger partial charge in [0.15, 0.2) is 0 Å². The number of nitrogens with one attached hydrogen (secondary N) is 1. The van der Waals surface area contributed by atoms with Gasteiger partial charge in [0.1, 0.15) is 11.4 Å². The van der Waals surface area contributed by atoms with Crippen LogP contribution >= 0.6 is 24.8 Å². The fourth-order valence-corrected chi connectivity index (χ4v) is 1.93. The third-order valence-corrected chi connectivity index (χ3v) is 3.34. The Kier molecular flexibility index (Phi) is 7.95. The number of halogens is 2. The van der Waals surface area contributed by atoms with Crippen molar-refractivity contribution in [3.63, 3.8) is 0 Å². The molecule has 1 aromatic rings. The summed E-state index contributed by atoms with van der Waals surface area (Å²) in [5, 5.41) is 2.77. The van der Waals surface area contributed by atoms with E-state index in [1.807, 2.05) is 25.1 Å². The molecular weight excluding hydrogens is 315 g/mol. The normalized spacial score (nSPS) is 16.1. The van der Waals surface area contributed by atoms with Crippen LogP contribution in [0.4, 0.5) is 11.5 Å². The average molecular weight is 337 g/mol. The summed E-state index contributed by atoms with van der Waals surface area (Å²) in [6.45, 7) is 1.05. The highest BCUT2D eigenvalue weighted by molar-refractivity contribution is 5.97. The highest BCUT2D eigenvalue weighted by Gasteiger charge is 2.36. The number of anilines is 2.